The van der Waals surface area contributed by atoms with Crippen molar-refractivity contribution in [1.29, 1.82) is 0 Å². The zero-order valence-corrected chi connectivity index (χ0v) is 16.6. The summed E-state index contributed by atoms with van der Waals surface area (Å²) in [7, 11) is 1.36. The number of esters is 1. The average molecular weight is 413 g/mol. The standard InChI is InChI=1S/C21H17ClN2O3S/c1-26-21(25)19-17(27-9-7-13-4-2-3-5-16(13)22)11-18(28-19)15-10-14-6-8-23-20(14)24-12-15/h2-6,8,10-12H,7,9H2,1H3,(H,23,24). The molecular formula is C21H17ClN2O3S. The normalized spacial score (nSPS) is 10.9. The monoisotopic (exact) mass is 412 g/mol. The molecule has 1 N–H and O–H groups in total. The molecular weight excluding hydrogens is 396 g/mol. The molecule has 142 valence electrons. The predicted octanol–water partition coefficient (Wildman–Crippen LogP) is 5.35. The van der Waals surface area contributed by atoms with E-state index < -0.39 is 5.97 Å². The smallest absolute Gasteiger partial charge is 0.351 e. The Kier molecular flexibility index (Phi) is 5.32. The Hall–Kier alpha value is -2.83. The molecule has 7 heteroatoms. The van der Waals surface area contributed by atoms with Crippen LogP contribution in [-0.2, 0) is 11.2 Å². The Morgan fingerprint density at radius 1 is 1.25 bits per heavy atom. The van der Waals surface area contributed by atoms with Gasteiger partial charge in [0.05, 0.1) is 13.7 Å². The third-order valence-electron chi connectivity index (χ3n) is 4.34. The number of pyridine rings is 1. The number of nitrogens with zero attached hydrogens (tertiary/aromatic N) is 1. The van der Waals surface area contributed by atoms with Gasteiger partial charge in [-0.05, 0) is 29.8 Å². The predicted molar refractivity (Wildman–Crippen MR) is 111 cm³/mol. The highest BCUT2D eigenvalue weighted by Crippen LogP contribution is 2.37. The fourth-order valence-electron chi connectivity index (χ4n) is 2.91. The minimum atomic E-state index is -0.417. The molecule has 0 amide bonds. The van der Waals surface area contributed by atoms with Gasteiger partial charge in [0.2, 0.25) is 0 Å². The summed E-state index contributed by atoms with van der Waals surface area (Å²) >= 11 is 7.53. The number of carbonyl (C=O) groups excluding carboxylic acids is 1. The number of fused-ring (bicyclic) bond motifs is 1. The maximum atomic E-state index is 12.2. The van der Waals surface area contributed by atoms with Gasteiger partial charge in [-0.3, -0.25) is 0 Å². The lowest BCUT2D eigenvalue weighted by molar-refractivity contribution is 0.0602. The number of halogens is 1. The first-order valence-electron chi connectivity index (χ1n) is 8.67. The Morgan fingerprint density at radius 2 is 2.11 bits per heavy atom. The van der Waals surface area contributed by atoms with E-state index in [2.05, 4.69) is 9.97 Å². The van der Waals surface area contributed by atoms with Gasteiger partial charge in [0, 0.05) is 39.7 Å². The molecule has 4 rings (SSSR count). The molecule has 0 spiro atoms. The van der Waals surface area contributed by atoms with Crippen LogP contribution in [0.3, 0.4) is 0 Å². The number of hydrogen-bond donors (Lipinski definition) is 1. The van der Waals surface area contributed by atoms with Crippen molar-refractivity contribution in [1.82, 2.24) is 9.97 Å². The summed E-state index contributed by atoms with van der Waals surface area (Å²) in [5, 5.41) is 1.71. The van der Waals surface area contributed by atoms with Crippen LogP contribution in [0.1, 0.15) is 15.2 Å². The van der Waals surface area contributed by atoms with Crippen LogP contribution in [0.25, 0.3) is 21.5 Å². The molecule has 0 saturated heterocycles. The zero-order chi connectivity index (χ0) is 19.5. The van der Waals surface area contributed by atoms with Crippen LogP contribution in [0.5, 0.6) is 5.75 Å². The van der Waals surface area contributed by atoms with Gasteiger partial charge in [-0.25, -0.2) is 9.78 Å². The van der Waals surface area contributed by atoms with Gasteiger partial charge >= 0.3 is 5.97 Å². The lowest BCUT2D eigenvalue weighted by Gasteiger charge is -2.07. The maximum absolute atomic E-state index is 12.2. The number of hydrogen-bond acceptors (Lipinski definition) is 5. The third kappa shape index (κ3) is 3.74. The van der Waals surface area contributed by atoms with E-state index >= 15 is 0 Å². The molecule has 28 heavy (non-hydrogen) atoms. The maximum Gasteiger partial charge on any atom is 0.351 e. The van der Waals surface area contributed by atoms with Crippen molar-refractivity contribution < 1.29 is 14.3 Å². The second-order valence-electron chi connectivity index (χ2n) is 6.12. The van der Waals surface area contributed by atoms with Crippen LogP contribution in [-0.4, -0.2) is 29.7 Å². The van der Waals surface area contributed by atoms with E-state index in [1.165, 1.54) is 18.4 Å². The van der Waals surface area contributed by atoms with Crippen molar-refractivity contribution in [2.24, 2.45) is 0 Å². The van der Waals surface area contributed by atoms with E-state index in [0.29, 0.717) is 28.7 Å². The van der Waals surface area contributed by atoms with Gasteiger partial charge in [0.1, 0.15) is 11.4 Å². The minimum Gasteiger partial charge on any atom is -0.491 e. The molecule has 0 aliphatic rings. The van der Waals surface area contributed by atoms with Gasteiger partial charge in [-0.2, -0.15) is 0 Å². The lowest BCUT2D eigenvalue weighted by atomic mass is 10.2. The van der Waals surface area contributed by atoms with E-state index in [0.717, 1.165) is 27.0 Å². The highest BCUT2D eigenvalue weighted by atomic mass is 35.5. The molecule has 1 aromatic carbocycles. The molecule has 0 aliphatic carbocycles. The molecule has 0 saturated carbocycles. The molecule has 5 nitrogen and oxygen atoms in total. The van der Waals surface area contributed by atoms with Crippen LogP contribution in [0.2, 0.25) is 5.02 Å². The van der Waals surface area contributed by atoms with E-state index in [1.807, 2.05) is 48.7 Å². The van der Waals surface area contributed by atoms with Crippen LogP contribution >= 0.6 is 22.9 Å². The number of aromatic amines is 1. The first-order valence-corrected chi connectivity index (χ1v) is 9.87. The summed E-state index contributed by atoms with van der Waals surface area (Å²) in [6, 6.07) is 13.5. The van der Waals surface area contributed by atoms with Crippen molar-refractivity contribution in [2.45, 2.75) is 6.42 Å². The van der Waals surface area contributed by atoms with Crippen molar-refractivity contribution in [3.05, 3.63) is 70.3 Å². The quantitative estimate of drug-likeness (QED) is 0.433. The van der Waals surface area contributed by atoms with E-state index in [9.17, 15) is 4.79 Å². The summed E-state index contributed by atoms with van der Waals surface area (Å²) in [5.41, 5.74) is 2.74. The highest BCUT2D eigenvalue weighted by Gasteiger charge is 2.19. The number of nitrogens with one attached hydrogen (secondary N) is 1. The van der Waals surface area contributed by atoms with Gasteiger partial charge in [0.15, 0.2) is 4.88 Å². The second-order valence-corrected chi connectivity index (χ2v) is 7.58. The van der Waals surface area contributed by atoms with Crippen molar-refractivity contribution in [2.75, 3.05) is 13.7 Å². The number of rotatable bonds is 6. The fraction of sp³-hybridized carbons (Fsp3) is 0.143. The van der Waals surface area contributed by atoms with Gasteiger partial charge < -0.3 is 14.5 Å². The fourth-order valence-corrected chi connectivity index (χ4v) is 4.14. The molecule has 0 fully saturated rings. The molecule has 3 aromatic heterocycles. The van der Waals surface area contributed by atoms with Crippen molar-refractivity contribution >= 4 is 39.9 Å². The molecule has 0 radical (unpaired) electrons. The van der Waals surface area contributed by atoms with Crippen LogP contribution in [0.4, 0.5) is 0 Å². The highest BCUT2D eigenvalue weighted by molar-refractivity contribution is 7.17. The number of ether oxygens (including phenoxy) is 2. The van der Waals surface area contributed by atoms with E-state index in [1.54, 1.807) is 6.20 Å². The lowest BCUT2D eigenvalue weighted by Crippen LogP contribution is -2.05. The molecule has 0 bridgehead atoms. The van der Waals surface area contributed by atoms with Gasteiger partial charge in [-0.1, -0.05) is 29.8 Å². The molecule has 0 aliphatic heterocycles. The first kappa shape index (κ1) is 18.5. The average Bonchev–Trinajstić information content (AvgIpc) is 3.35. The number of aromatic nitrogens is 2. The van der Waals surface area contributed by atoms with Crippen molar-refractivity contribution in [3.8, 4) is 16.2 Å². The Bertz CT molecular complexity index is 1140. The van der Waals surface area contributed by atoms with Crippen molar-refractivity contribution in [3.63, 3.8) is 0 Å². The third-order valence-corrected chi connectivity index (χ3v) is 5.85. The summed E-state index contributed by atoms with van der Waals surface area (Å²) in [6.07, 6.45) is 4.26. The minimum absolute atomic E-state index is 0.402. The second kappa shape index (κ2) is 8.04. The van der Waals surface area contributed by atoms with E-state index in [-0.39, 0.29) is 0 Å². The zero-order valence-electron chi connectivity index (χ0n) is 15.1. The molecule has 4 aromatic rings. The number of carbonyl (C=O) groups is 1. The Balaban J connectivity index is 1.58. The van der Waals surface area contributed by atoms with Crippen LogP contribution in [0.15, 0.2) is 54.9 Å². The SMILES string of the molecule is COC(=O)c1sc(-c2cnc3[nH]ccc3c2)cc1OCCc1ccccc1Cl. The Morgan fingerprint density at radius 3 is 2.93 bits per heavy atom. The summed E-state index contributed by atoms with van der Waals surface area (Å²) in [4.78, 5) is 21.0. The molecule has 0 atom stereocenters. The van der Waals surface area contributed by atoms with Gasteiger partial charge in [0.25, 0.3) is 0 Å². The van der Waals surface area contributed by atoms with Gasteiger partial charge in [-0.15, -0.1) is 11.3 Å². The summed E-state index contributed by atoms with van der Waals surface area (Å²) in [5.74, 6) is 0.0905. The van der Waals surface area contributed by atoms with Crippen LogP contribution in [0, 0.1) is 0 Å². The number of thiophene rings is 1. The summed E-state index contributed by atoms with van der Waals surface area (Å²) in [6.45, 7) is 0.402. The van der Waals surface area contributed by atoms with E-state index in [4.69, 9.17) is 21.1 Å². The number of benzene rings is 1. The summed E-state index contributed by atoms with van der Waals surface area (Å²) < 4.78 is 10.8. The first-order chi connectivity index (χ1) is 13.7. The molecule has 3 heterocycles. The van der Waals surface area contributed by atoms with Crippen LogP contribution < -0.4 is 4.74 Å². The number of H-pyrrole nitrogens is 1. The molecule has 0 unspecified atom stereocenters. The topological polar surface area (TPSA) is 64.2 Å². The Labute approximate surface area is 170 Å². The number of methoxy groups -OCH3 is 1. The largest absolute Gasteiger partial charge is 0.491 e.